The van der Waals surface area contributed by atoms with Gasteiger partial charge in [-0.05, 0) is 24.1 Å². The average molecular weight is 268 g/mol. The van der Waals surface area contributed by atoms with Crippen molar-refractivity contribution in [3.05, 3.63) is 29.6 Å². The molecule has 1 aliphatic heterocycles. The van der Waals surface area contributed by atoms with Crippen molar-refractivity contribution in [1.82, 2.24) is 0 Å². The summed E-state index contributed by atoms with van der Waals surface area (Å²) in [6, 6.07) is 4.76. The molecule has 1 atom stereocenters. The van der Waals surface area contributed by atoms with Crippen molar-refractivity contribution in [3.8, 4) is 5.75 Å². The molecule has 0 spiro atoms. The number of ether oxygens (including phenoxy) is 2. The summed E-state index contributed by atoms with van der Waals surface area (Å²) >= 11 is 0. The zero-order chi connectivity index (χ0) is 14.0. The maximum absolute atomic E-state index is 13.8. The summed E-state index contributed by atoms with van der Waals surface area (Å²) in [5, 5.41) is 9.01. The lowest BCUT2D eigenvalue weighted by molar-refractivity contribution is -0.144. The predicted molar refractivity (Wildman–Crippen MR) is 66.9 cm³/mol. The fourth-order valence-electron chi connectivity index (χ4n) is 2.42. The first kappa shape index (κ1) is 13.8. The highest BCUT2D eigenvalue weighted by Crippen LogP contribution is 2.39. The molecule has 104 valence electrons. The van der Waals surface area contributed by atoms with Gasteiger partial charge >= 0.3 is 5.97 Å². The highest BCUT2D eigenvalue weighted by atomic mass is 19.1. The van der Waals surface area contributed by atoms with Gasteiger partial charge in [0.25, 0.3) is 0 Å². The Morgan fingerprint density at radius 2 is 2.26 bits per heavy atom. The van der Waals surface area contributed by atoms with Crippen molar-refractivity contribution in [1.29, 1.82) is 0 Å². The number of halogens is 1. The van der Waals surface area contributed by atoms with E-state index in [2.05, 4.69) is 0 Å². The van der Waals surface area contributed by atoms with E-state index in [1.54, 1.807) is 19.1 Å². The quantitative estimate of drug-likeness (QED) is 0.889. The van der Waals surface area contributed by atoms with Crippen LogP contribution in [0.2, 0.25) is 0 Å². The summed E-state index contributed by atoms with van der Waals surface area (Å²) in [6.45, 7) is 2.51. The minimum absolute atomic E-state index is 0.186. The fourth-order valence-corrected chi connectivity index (χ4v) is 2.42. The zero-order valence-electron chi connectivity index (χ0n) is 11.0. The molecule has 4 nitrogen and oxygen atoms in total. The van der Waals surface area contributed by atoms with Crippen LogP contribution in [0.1, 0.15) is 18.9 Å². The number of carboxylic acid groups (broad SMARTS) is 1. The second-order valence-electron chi connectivity index (χ2n) is 5.07. The Bertz CT molecular complexity index is 482. The molecular formula is C14H17FO4. The summed E-state index contributed by atoms with van der Waals surface area (Å²) in [5.74, 6) is -1.59. The molecule has 0 radical (unpaired) electrons. The van der Waals surface area contributed by atoms with E-state index in [1.165, 1.54) is 13.2 Å². The van der Waals surface area contributed by atoms with Crippen LogP contribution in [0.4, 0.5) is 4.39 Å². The normalized spacial score (nSPS) is 18.5. The van der Waals surface area contributed by atoms with E-state index in [0.717, 1.165) is 5.56 Å². The van der Waals surface area contributed by atoms with Gasteiger partial charge in [-0.15, -0.1) is 0 Å². The number of rotatable bonds is 5. The summed E-state index contributed by atoms with van der Waals surface area (Å²) in [5.41, 5.74) is 0.371. The van der Waals surface area contributed by atoms with Crippen molar-refractivity contribution in [2.75, 3.05) is 20.3 Å². The van der Waals surface area contributed by atoms with Crippen molar-refractivity contribution in [2.45, 2.75) is 18.8 Å². The van der Waals surface area contributed by atoms with Gasteiger partial charge in [-0.2, -0.15) is 0 Å². The third-order valence-corrected chi connectivity index (χ3v) is 3.64. The Balaban J connectivity index is 2.26. The second-order valence-corrected chi connectivity index (χ2v) is 5.07. The molecule has 1 aromatic rings. The van der Waals surface area contributed by atoms with Crippen LogP contribution in [0, 0.1) is 11.7 Å². The fraction of sp³-hybridized carbons (Fsp3) is 0.500. The van der Waals surface area contributed by atoms with E-state index in [-0.39, 0.29) is 5.75 Å². The molecule has 2 rings (SSSR count). The number of aliphatic carboxylic acids is 1. The predicted octanol–water partition coefficient (Wildman–Crippen LogP) is 2.21. The molecule has 1 fully saturated rings. The van der Waals surface area contributed by atoms with E-state index in [1.807, 2.05) is 0 Å². The van der Waals surface area contributed by atoms with E-state index in [4.69, 9.17) is 14.6 Å². The zero-order valence-corrected chi connectivity index (χ0v) is 11.0. The van der Waals surface area contributed by atoms with E-state index in [9.17, 15) is 9.18 Å². The number of hydrogen-bond acceptors (Lipinski definition) is 3. The number of carboxylic acids is 1. The van der Waals surface area contributed by atoms with Gasteiger partial charge in [0.05, 0.1) is 26.2 Å². The molecule has 0 aliphatic carbocycles. The Kier molecular flexibility index (Phi) is 3.75. The minimum Gasteiger partial charge on any atom is -0.494 e. The lowest BCUT2D eigenvalue weighted by atomic mass is 9.72. The Hall–Kier alpha value is -1.62. The number of benzene rings is 1. The highest BCUT2D eigenvalue weighted by molar-refractivity contribution is 5.69. The largest absolute Gasteiger partial charge is 0.494 e. The molecule has 1 unspecified atom stereocenters. The minimum atomic E-state index is -0.847. The Morgan fingerprint density at radius 1 is 1.58 bits per heavy atom. The lowest BCUT2D eigenvalue weighted by Crippen LogP contribution is -2.48. The average Bonchev–Trinajstić information content (AvgIpc) is 2.33. The molecule has 0 bridgehead atoms. The number of methoxy groups -OCH3 is 1. The van der Waals surface area contributed by atoms with Crippen molar-refractivity contribution < 1.29 is 23.8 Å². The van der Waals surface area contributed by atoms with Gasteiger partial charge in [0.2, 0.25) is 0 Å². The summed E-state index contributed by atoms with van der Waals surface area (Å²) < 4.78 is 23.9. The summed E-state index contributed by atoms with van der Waals surface area (Å²) in [7, 11) is 1.41. The van der Waals surface area contributed by atoms with Crippen LogP contribution in [0.3, 0.4) is 0 Å². The van der Waals surface area contributed by atoms with Gasteiger partial charge in [-0.3, -0.25) is 4.79 Å². The summed E-state index contributed by atoms with van der Waals surface area (Å²) in [6.07, 6.45) is 0.439. The molecule has 1 heterocycles. The Labute approximate surface area is 111 Å². The van der Waals surface area contributed by atoms with E-state index >= 15 is 0 Å². The lowest BCUT2D eigenvalue weighted by Gasteiger charge is -2.43. The van der Waals surface area contributed by atoms with Crippen molar-refractivity contribution in [3.63, 3.8) is 0 Å². The van der Waals surface area contributed by atoms with Crippen LogP contribution in [0.15, 0.2) is 18.2 Å². The standard InChI is InChI=1S/C14H17FO4/c1-9(13(16)17)6-14(7-19-8-14)10-3-4-12(18-2)11(15)5-10/h3-5,9H,6-8H2,1-2H3,(H,16,17). The molecule has 5 heteroatoms. The third-order valence-electron chi connectivity index (χ3n) is 3.64. The van der Waals surface area contributed by atoms with Gasteiger partial charge in [-0.1, -0.05) is 13.0 Å². The van der Waals surface area contributed by atoms with Gasteiger partial charge in [0.15, 0.2) is 11.6 Å². The van der Waals surface area contributed by atoms with Crippen LogP contribution >= 0.6 is 0 Å². The maximum Gasteiger partial charge on any atom is 0.306 e. The number of carbonyl (C=O) groups is 1. The monoisotopic (exact) mass is 268 g/mol. The van der Waals surface area contributed by atoms with Crippen LogP contribution < -0.4 is 4.74 Å². The first-order valence-electron chi connectivity index (χ1n) is 6.13. The first-order chi connectivity index (χ1) is 8.98. The van der Waals surface area contributed by atoms with Gasteiger partial charge in [0, 0.05) is 5.41 Å². The number of hydrogen-bond donors (Lipinski definition) is 1. The second kappa shape index (κ2) is 5.17. The SMILES string of the molecule is COc1ccc(C2(CC(C)C(=O)O)COC2)cc1F. The molecule has 1 aromatic carbocycles. The van der Waals surface area contributed by atoms with Gasteiger partial charge in [-0.25, -0.2) is 4.39 Å². The van der Waals surface area contributed by atoms with Crippen molar-refractivity contribution in [2.24, 2.45) is 5.92 Å². The summed E-state index contributed by atoms with van der Waals surface area (Å²) in [4.78, 5) is 11.0. The van der Waals surface area contributed by atoms with Gasteiger partial charge < -0.3 is 14.6 Å². The molecular weight excluding hydrogens is 251 g/mol. The topological polar surface area (TPSA) is 55.8 Å². The van der Waals surface area contributed by atoms with E-state index < -0.39 is 23.1 Å². The van der Waals surface area contributed by atoms with Gasteiger partial charge in [0.1, 0.15) is 0 Å². The molecule has 1 aliphatic rings. The Morgan fingerprint density at radius 3 is 2.68 bits per heavy atom. The molecule has 1 N–H and O–H groups in total. The maximum atomic E-state index is 13.8. The molecule has 19 heavy (non-hydrogen) atoms. The van der Waals surface area contributed by atoms with Crippen LogP contribution in [-0.2, 0) is 14.9 Å². The van der Waals surface area contributed by atoms with Crippen LogP contribution in [0.5, 0.6) is 5.75 Å². The molecule has 0 amide bonds. The first-order valence-corrected chi connectivity index (χ1v) is 6.13. The van der Waals surface area contributed by atoms with Crippen molar-refractivity contribution >= 4 is 5.97 Å². The molecule has 1 saturated heterocycles. The smallest absolute Gasteiger partial charge is 0.306 e. The van der Waals surface area contributed by atoms with E-state index in [0.29, 0.717) is 19.6 Å². The third kappa shape index (κ3) is 2.56. The molecule has 0 saturated carbocycles. The molecule has 0 aromatic heterocycles. The van der Waals surface area contributed by atoms with Crippen LogP contribution in [-0.4, -0.2) is 31.4 Å². The highest BCUT2D eigenvalue weighted by Gasteiger charge is 2.42. The van der Waals surface area contributed by atoms with Crippen LogP contribution in [0.25, 0.3) is 0 Å².